The van der Waals surface area contributed by atoms with Gasteiger partial charge in [-0.2, -0.15) is 0 Å². The second-order valence-electron chi connectivity index (χ2n) is 5.75. The first-order valence-corrected chi connectivity index (χ1v) is 7.08. The average Bonchev–Trinajstić information content (AvgIpc) is 2.73. The summed E-state index contributed by atoms with van der Waals surface area (Å²) in [4.78, 5) is 25.9. The predicted octanol–water partition coefficient (Wildman–Crippen LogP) is 1.55. The Kier molecular flexibility index (Phi) is 4.32. The van der Waals surface area contributed by atoms with Gasteiger partial charge in [0, 0.05) is 19.7 Å². The second-order valence-corrected chi connectivity index (χ2v) is 5.75. The molecule has 1 N–H and O–H groups in total. The van der Waals surface area contributed by atoms with Gasteiger partial charge >= 0.3 is 11.7 Å². The number of hydrogen-bond donors (Lipinski definition) is 1. The van der Waals surface area contributed by atoms with Gasteiger partial charge in [0.1, 0.15) is 0 Å². The van der Waals surface area contributed by atoms with E-state index in [4.69, 9.17) is 4.52 Å². The second kappa shape index (κ2) is 5.83. The number of carbonyl (C=O) groups excluding carboxylic acids is 1. The van der Waals surface area contributed by atoms with E-state index in [0.717, 1.165) is 17.6 Å². The molecule has 20 heavy (non-hydrogen) atoms. The molecule has 0 aromatic carbocycles. The summed E-state index contributed by atoms with van der Waals surface area (Å²) in [6.07, 6.45) is 1.78. The topological polar surface area (TPSA) is 75.7 Å². The number of rotatable bonds is 2. The molecule has 1 amide bonds. The van der Waals surface area contributed by atoms with E-state index in [-0.39, 0.29) is 24.5 Å². The highest BCUT2D eigenvalue weighted by molar-refractivity contribution is 5.76. The van der Waals surface area contributed by atoms with Crippen molar-refractivity contribution >= 4 is 6.03 Å². The Bertz CT molecular complexity index is 544. The van der Waals surface area contributed by atoms with Crippen molar-refractivity contribution in [2.75, 3.05) is 19.7 Å². The van der Waals surface area contributed by atoms with E-state index >= 15 is 0 Å². The van der Waals surface area contributed by atoms with Crippen LogP contribution < -0.4 is 5.63 Å². The first kappa shape index (κ1) is 14.8. The lowest BCUT2D eigenvalue weighted by Crippen LogP contribution is -2.43. The number of hydrogen-bond acceptors (Lipinski definition) is 4. The van der Waals surface area contributed by atoms with Crippen LogP contribution >= 0.6 is 0 Å². The molecule has 0 spiro atoms. The third-order valence-corrected chi connectivity index (χ3v) is 3.89. The molecular formula is C14H22N2O4. The number of aliphatic hydroxyl groups is 1. The number of piperidine rings is 1. The Morgan fingerprint density at radius 1 is 1.50 bits per heavy atom. The van der Waals surface area contributed by atoms with Crippen molar-refractivity contribution in [1.29, 1.82) is 0 Å². The van der Waals surface area contributed by atoms with Gasteiger partial charge in [0.05, 0.1) is 11.3 Å². The fraction of sp³-hybridized carbons (Fsp3) is 0.714. The fourth-order valence-corrected chi connectivity index (χ4v) is 2.81. The largest absolute Gasteiger partial charge is 0.396 e. The molecule has 0 radical (unpaired) electrons. The zero-order valence-corrected chi connectivity index (χ0v) is 12.3. The van der Waals surface area contributed by atoms with Gasteiger partial charge in [-0.3, -0.25) is 0 Å². The van der Waals surface area contributed by atoms with E-state index in [0.29, 0.717) is 24.3 Å². The molecule has 1 aliphatic rings. The molecule has 0 saturated carbocycles. The van der Waals surface area contributed by atoms with Crippen LogP contribution in [0.3, 0.4) is 0 Å². The monoisotopic (exact) mass is 282 g/mol. The lowest BCUT2D eigenvalue weighted by molar-refractivity contribution is 0.115. The molecule has 1 aromatic heterocycles. The molecule has 1 aromatic rings. The van der Waals surface area contributed by atoms with Crippen LogP contribution in [-0.2, 0) is 0 Å². The fourth-order valence-electron chi connectivity index (χ4n) is 2.81. The van der Waals surface area contributed by atoms with E-state index in [1.54, 1.807) is 11.8 Å². The van der Waals surface area contributed by atoms with Crippen molar-refractivity contribution in [2.24, 2.45) is 5.92 Å². The van der Waals surface area contributed by atoms with E-state index in [1.807, 2.05) is 13.8 Å². The molecule has 6 nitrogen and oxygen atoms in total. The van der Waals surface area contributed by atoms with Crippen LogP contribution in [-0.4, -0.2) is 40.5 Å². The minimum absolute atomic E-state index is 0.0202. The van der Waals surface area contributed by atoms with Crippen LogP contribution in [0.25, 0.3) is 0 Å². The van der Waals surface area contributed by atoms with E-state index in [2.05, 4.69) is 0 Å². The van der Waals surface area contributed by atoms with Crippen LogP contribution in [0, 0.1) is 12.8 Å². The summed E-state index contributed by atoms with van der Waals surface area (Å²) in [6, 6.07) is -0.315. The summed E-state index contributed by atoms with van der Waals surface area (Å²) in [5.41, 5.74) is 0.678. The summed E-state index contributed by atoms with van der Waals surface area (Å²) in [5, 5.41) is 9.22. The number of likely N-dealkylation sites (tertiary alicyclic amines) is 1. The molecular weight excluding hydrogens is 260 g/mol. The van der Waals surface area contributed by atoms with Gasteiger partial charge < -0.3 is 14.5 Å². The Hall–Kier alpha value is -1.56. The summed E-state index contributed by atoms with van der Waals surface area (Å²) >= 11 is 0. The summed E-state index contributed by atoms with van der Waals surface area (Å²) < 4.78 is 6.19. The maximum absolute atomic E-state index is 12.4. The third kappa shape index (κ3) is 2.65. The lowest BCUT2D eigenvalue weighted by atomic mass is 9.99. The zero-order chi connectivity index (χ0) is 14.9. The van der Waals surface area contributed by atoms with Crippen molar-refractivity contribution < 1.29 is 14.4 Å². The normalized spacial score (nSPS) is 19.6. The van der Waals surface area contributed by atoms with E-state index in [9.17, 15) is 14.7 Å². The maximum atomic E-state index is 12.4. The van der Waals surface area contributed by atoms with Crippen LogP contribution in [0.1, 0.15) is 43.9 Å². The number of carbonyl (C=O) groups is 1. The van der Waals surface area contributed by atoms with Gasteiger partial charge in [-0.1, -0.05) is 13.8 Å². The van der Waals surface area contributed by atoms with Gasteiger partial charge in [0.15, 0.2) is 0 Å². The van der Waals surface area contributed by atoms with Crippen LogP contribution in [0.2, 0.25) is 0 Å². The average molecular weight is 282 g/mol. The summed E-state index contributed by atoms with van der Waals surface area (Å²) in [7, 11) is 0. The Morgan fingerprint density at radius 2 is 2.20 bits per heavy atom. The third-order valence-electron chi connectivity index (χ3n) is 3.89. The van der Waals surface area contributed by atoms with Gasteiger partial charge in [-0.25, -0.2) is 9.59 Å². The highest BCUT2D eigenvalue weighted by Gasteiger charge is 2.28. The quantitative estimate of drug-likeness (QED) is 0.893. The molecule has 6 heteroatoms. The minimum atomic E-state index is -0.443. The van der Waals surface area contributed by atoms with Crippen molar-refractivity contribution in [3.8, 4) is 0 Å². The standard InChI is InChI=1S/C14H22N2O4/c1-9(2)12-10(3)16(20-13(12)18)14(19)15-6-4-5-11(7-15)8-17/h9,11,17H,4-8H2,1-3H3/t11-/m1/s1. The minimum Gasteiger partial charge on any atom is -0.396 e. The molecule has 1 atom stereocenters. The van der Waals surface area contributed by atoms with Gasteiger partial charge in [-0.15, -0.1) is 4.74 Å². The molecule has 1 fully saturated rings. The Labute approximate surface area is 117 Å². The molecule has 112 valence electrons. The maximum Gasteiger partial charge on any atom is 0.361 e. The number of amides is 1. The van der Waals surface area contributed by atoms with E-state index in [1.165, 1.54) is 0 Å². The van der Waals surface area contributed by atoms with E-state index < -0.39 is 5.63 Å². The van der Waals surface area contributed by atoms with Crippen molar-refractivity contribution in [3.63, 3.8) is 0 Å². The smallest absolute Gasteiger partial charge is 0.361 e. The number of nitrogens with zero attached hydrogens (tertiary/aromatic N) is 2. The molecule has 1 aliphatic heterocycles. The van der Waals surface area contributed by atoms with Gasteiger partial charge in [0.2, 0.25) is 0 Å². The first-order chi connectivity index (χ1) is 9.45. The molecule has 2 rings (SSSR count). The molecule has 0 unspecified atom stereocenters. The zero-order valence-electron chi connectivity index (χ0n) is 12.3. The van der Waals surface area contributed by atoms with Crippen LogP contribution in [0.4, 0.5) is 4.79 Å². The highest BCUT2D eigenvalue weighted by atomic mass is 16.5. The Balaban J connectivity index is 2.25. The highest BCUT2D eigenvalue weighted by Crippen LogP contribution is 2.19. The van der Waals surface area contributed by atoms with Crippen LogP contribution in [0.5, 0.6) is 0 Å². The van der Waals surface area contributed by atoms with Crippen molar-refractivity contribution in [1.82, 2.24) is 9.64 Å². The lowest BCUT2D eigenvalue weighted by Gasteiger charge is -2.31. The number of aromatic nitrogens is 1. The molecule has 2 heterocycles. The van der Waals surface area contributed by atoms with Gasteiger partial charge in [-0.05, 0) is 31.6 Å². The molecule has 0 aliphatic carbocycles. The predicted molar refractivity (Wildman–Crippen MR) is 74.0 cm³/mol. The van der Waals surface area contributed by atoms with Crippen molar-refractivity contribution in [3.05, 3.63) is 21.7 Å². The first-order valence-electron chi connectivity index (χ1n) is 7.08. The Morgan fingerprint density at radius 3 is 2.75 bits per heavy atom. The van der Waals surface area contributed by atoms with Crippen molar-refractivity contribution in [2.45, 2.75) is 39.5 Å². The number of aliphatic hydroxyl groups excluding tert-OH is 1. The molecule has 0 bridgehead atoms. The van der Waals surface area contributed by atoms with Gasteiger partial charge in [0.25, 0.3) is 0 Å². The molecule has 1 saturated heterocycles. The summed E-state index contributed by atoms with van der Waals surface area (Å²) in [5.74, 6) is 0.131. The van der Waals surface area contributed by atoms with Crippen LogP contribution in [0.15, 0.2) is 9.32 Å². The summed E-state index contributed by atoms with van der Waals surface area (Å²) in [6.45, 7) is 6.75. The SMILES string of the molecule is Cc1c(C(C)C)c(=O)on1C(=O)N1CCC[C@@H](CO)C1.